The van der Waals surface area contributed by atoms with Crippen molar-refractivity contribution in [2.75, 3.05) is 7.11 Å². The normalized spacial score (nSPS) is 11.6. The van der Waals surface area contributed by atoms with Gasteiger partial charge in [-0.15, -0.1) is 0 Å². The molecule has 2 aromatic carbocycles. The highest BCUT2D eigenvalue weighted by atomic mass is 16.5. The number of rotatable bonds is 5. The molecule has 4 aromatic heterocycles. The predicted molar refractivity (Wildman–Crippen MR) is 158 cm³/mol. The summed E-state index contributed by atoms with van der Waals surface area (Å²) in [6.07, 6.45) is 4.96. The fraction of sp³-hybridized carbons (Fsp3) is 0.125. The van der Waals surface area contributed by atoms with Gasteiger partial charge >= 0.3 is 0 Å². The van der Waals surface area contributed by atoms with Crippen molar-refractivity contribution in [1.29, 1.82) is 0 Å². The van der Waals surface area contributed by atoms with Gasteiger partial charge in [-0.3, -0.25) is 14.2 Å². The highest BCUT2D eigenvalue weighted by molar-refractivity contribution is 6.01. The highest BCUT2D eigenvalue weighted by Crippen LogP contribution is 2.22. The molecular formula is C32H25N7O3. The second-order valence-electron chi connectivity index (χ2n) is 9.53. The maximum Gasteiger partial charge on any atom is 0.267 e. The summed E-state index contributed by atoms with van der Waals surface area (Å²) in [5.41, 5.74) is 3.36. The second kappa shape index (κ2) is 11.0. The van der Waals surface area contributed by atoms with Gasteiger partial charge in [0.05, 0.1) is 35.4 Å². The van der Waals surface area contributed by atoms with Crippen LogP contribution in [0.25, 0.3) is 22.2 Å². The molecule has 1 amide bonds. The minimum absolute atomic E-state index is 0.298. The maximum absolute atomic E-state index is 14.2. The fourth-order valence-corrected chi connectivity index (χ4v) is 4.80. The van der Waals surface area contributed by atoms with Crippen molar-refractivity contribution in [1.82, 2.24) is 34.4 Å². The lowest BCUT2D eigenvalue weighted by molar-refractivity contribution is 0.0938. The molecule has 10 nitrogen and oxygen atoms in total. The molecule has 0 spiro atoms. The van der Waals surface area contributed by atoms with E-state index in [1.165, 1.54) is 4.57 Å². The number of pyridine rings is 1. The molecule has 0 fully saturated rings. The quantitative estimate of drug-likeness (QED) is 0.319. The topological polar surface area (TPSA) is 116 Å². The van der Waals surface area contributed by atoms with E-state index in [2.05, 4.69) is 32.2 Å². The third-order valence-electron chi connectivity index (χ3n) is 6.76. The predicted octanol–water partition coefficient (Wildman–Crippen LogP) is 4.03. The number of carbonyl (C=O) groups is 1. The SMILES string of the molecule is COc1cc(C#Cc2cccc3nc([C@@H](C)NC(=O)c4c(C)nn5cccnc45)n(-c4ccccc4)c(=O)c23)ccn1. The van der Waals surface area contributed by atoms with Crippen LogP contribution in [-0.4, -0.2) is 42.2 Å². The van der Waals surface area contributed by atoms with E-state index in [1.807, 2.05) is 30.3 Å². The largest absolute Gasteiger partial charge is 0.481 e. The van der Waals surface area contributed by atoms with Gasteiger partial charge in [0, 0.05) is 35.8 Å². The van der Waals surface area contributed by atoms with Gasteiger partial charge in [0.2, 0.25) is 5.88 Å². The van der Waals surface area contributed by atoms with Crippen LogP contribution < -0.4 is 15.6 Å². The van der Waals surface area contributed by atoms with E-state index in [-0.39, 0.29) is 11.5 Å². The first-order chi connectivity index (χ1) is 20.4. The first kappa shape index (κ1) is 26.4. The van der Waals surface area contributed by atoms with E-state index in [4.69, 9.17) is 9.72 Å². The van der Waals surface area contributed by atoms with Crippen molar-refractivity contribution in [3.8, 4) is 23.4 Å². The van der Waals surface area contributed by atoms with Crippen LogP contribution >= 0.6 is 0 Å². The molecule has 4 heterocycles. The van der Waals surface area contributed by atoms with Gasteiger partial charge in [0.1, 0.15) is 11.4 Å². The number of ether oxygens (including phenoxy) is 1. The molecule has 6 rings (SSSR count). The summed E-state index contributed by atoms with van der Waals surface area (Å²) in [5.74, 6) is 6.68. The van der Waals surface area contributed by atoms with Gasteiger partial charge in [-0.25, -0.2) is 19.5 Å². The third kappa shape index (κ3) is 4.84. The number of methoxy groups -OCH3 is 1. The molecule has 0 aliphatic carbocycles. The highest BCUT2D eigenvalue weighted by Gasteiger charge is 2.24. The molecule has 1 atom stereocenters. The summed E-state index contributed by atoms with van der Waals surface area (Å²) in [4.78, 5) is 41.0. The summed E-state index contributed by atoms with van der Waals surface area (Å²) in [6.45, 7) is 3.55. The van der Waals surface area contributed by atoms with Gasteiger partial charge in [0.25, 0.3) is 11.5 Å². The number of benzene rings is 2. The smallest absolute Gasteiger partial charge is 0.267 e. The van der Waals surface area contributed by atoms with Gasteiger partial charge in [0.15, 0.2) is 5.65 Å². The molecule has 6 aromatic rings. The molecule has 0 saturated carbocycles. The zero-order valence-corrected chi connectivity index (χ0v) is 23.1. The number of carbonyl (C=O) groups excluding carboxylic acids is 1. The maximum atomic E-state index is 14.2. The molecule has 0 unspecified atom stereocenters. The number of nitrogens with one attached hydrogen (secondary N) is 1. The fourth-order valence-electron chi connectivity index (χ4n) is 4.80. The molecule has 0 radical (unpaired) electrons. The molecule has 0 aliphatic heterocycles. The number of nitrogens with zero attached hydrogens (tertiary/aromatic N) is 6. The minimum atomic E-state index is -0.646. The third-order valence-corrected chi connectivity index (χ3v) is 6.76. The van der Waals surface area contributed by atoms with Gasteiger partial charge in [-0.2, -0.15) is 5.10 Å². The van der Waals surface area contributed by atoms with Crippen LogP contribution in [0.15, 0.2) is 90.1 Å². The molecule has 0 aliphatic rings. The van der Waals surface area contributed by atoms with Crippen molar-refractivity contribution < 1.29 is 9.53 Å². The second-order valence-corrected chi connectivity index (χ2v) is 9.53. The Hall–Kier alpha value is -5.82. The van der Waals surface area contributed by atoms with Crippen molar-refractivity contribution in [3.63, 3.8) is 0 Å². The van der Waals surface area contributed by atoms with Crippen molar-refractivity contribution in [2.24, 2.45) is 0 Å². The van der Waals surface area contributed by atoms with Crippen molar-refractivity contribution >= 4 is 22.5 Å². The average Bonchev–Trinajstić information content (AvgIpc) is 3.36. The van der Waals surface area contributed by atoms with Gasteiger partial charge in [-0.05, 0) is 50.2 Å². The molecule has 10 heteroatoms. The summed E-state index contributed by atoms with van der Waals surface area (Å²) in [7, 11) is 1.54. The number of hydrogen-bond donors (Lipinski definition) is 1. The lowest BCUT2D eigenvalue weighted by Gasteiger charge is -2.20. The Balaban J connectivity index is 1.47. The Morgan fingerprint density at radius 2 is 1.83 bits per heavy atom. The summed E-state index contributed by atoms with van der Waals surface area (Å²) in [6, 6.07) is 19.2. The van der Waals surface area contributed by atoms with Crippen LogP contribution in [0.4, 0.5) is 0 Å². The summed E-state index contributed by atoms with van der Waals surface area (Å²) < 4.78 is 8.28. The van der Waals surface area contributed by atoms with Gasteiger partial charge < -0.3 is 10.1 Å². The standard InChI is InChI=1S/C32H25N7O3/c1-20-27(30-34-16-8-18-38(30)37-20)31(40)35-21(2)29-36-25-12-7-9-23(14-13-22-15-17-33-26(19-22)42-3)28(25)32(41)39(29)24-10-5-4-6-11-24/h4-12,15-19,21H,1-3H3,(H,35,40)/t21-/m1/s1. The number of fused-ring (bicyclic) bond motifs is 2. The Labute approximate surface area is 240 Å². The number of amides is 1. The first-order valence-corrected chi connectivity index (χ1v) is 13.2. The molecule has 0 saturated heterocycles. The lowest BCUT2D eigenvalue weighted by atomic mass is 10.1. The zero-order valence-electron chi connectivity index (χ0n) is 23.1. The van der Waals surface area contributed by atoms with Gasteiger partial charge in [-0.1, -0.05) is 36.1 Å². The number of hydrogen-bond acceptors (Lipinski definition) is 7. The monoisotopic (exact) mass is 555 g/mol. The van der Waals surface area contributed by atoms with E-state index in [9.17, 15) is 9.59 Å². The Morgan fingerprint density at radius 1 is 1.00 bits per heavy atom. The van der Waals surface area contributed by atoms with Crippen LogP contribution in [0.5, 0.6) is 5.88 Å². The average molecular weight is 556 g/mol. The Morgan fingerprint density at radius 3 is 2.64 bits per heavy atom. The molecule has 0 bridgehead atoms. The number of aromatic nitrogens is 6. The van der Waals surface area contributed by atoms with Crippen molar-refractivity contribution in [3.05, 3.63) is 124 Å². The molecule has 1 N–H and O–H groups in total. The summed E-state index contributed by atoms with van der Waals surface area (Å²) >= 11 is 0. The Bertz CT molecular complexity index is 2090. The zero-order chi connectivity index (χ0) is 29.2. The van der Waals surface area contributed by atoms with E-state index in [0.717, 1.165) is 0 Å². The molecule has 42 heavy (non-hydrogen) atoms. The van der Waals surface area contributed by atoms with Crippen LogP contribution in [0, 0.1) is 18.8 Å². The van der Waals surface area contributed by atoms with Crippen LogP contribution in [-0.2, 0) is 0 Å². The number of aryl methyl sites for hydroxylation is 1. The van der Waals surface area contributed by atoms with Crippen LogP contribution in [0.2, 0.25) is 0 Å². The van der Waals surface area contributed by atoms with Crippen molar-refractivity contribution in [2.45, 2.75) is 19.9 Å². The Kier molecular flexibility index (Phi) is 6.90. The van der Waals surface area contributed by atoms with Crippen LogP contribution in [0.3, 0.4) is 0 Å². The van der Waals surface area contributed by atoms with E-state index in [0.29, 0.717) is 56.3 Å². The minimum Gasteiger partial charge on any atom is -0.481 e. The van der Waals surface area contributed by atoms with Crippen LogP contribution in [0.1, 0.15) is 46.0 Å². The molecular weight excluding hydrogens is 530 g/mol. The van der Waals surface area contributed by atoms with E-state index in [1.54, 1.807) is 80.5 Å². The molecule has 206 valence electrons. The first-order valence-electron chi connectivity index (χ1n) is 13.2. The van der Waals surface area contributed by atoms with E-state index < -0.39 is 6.04 Å². The van der Waals surface area contributed by atoms with E-state index >= 15 is 0 Å². The lowest BCUT2D eigenvalue weighted by Crippen LogP contribution is -2.33. The summed E-state index contributed by atoms with van der Waals surface area (Å²) in [5, 5.41) is 7.77. The number of para-hydroxylation sites is 1.